The molecular formula is C14H13N3O3S. The van der Waals surface area contributed by atoms with Gasteiger partial charge in [-0.2, -0.15) is 0 Å². The highest BCUT2D eigenvalue weighted by molar-refractivity contribution is 7.10. The van der Waals surface area contributed by atoms with Crippen molar-refractivity contribution in [2.45, 2.75) is 25.3 Å². The maximum atomic E-state index is 12.2. The van der Waals surface area contributed by atoms with E-state index in [0.717, 1.165) is 25.5 Å². The lowest BCUT2D eigenvalue weighted by atomic mass is 9.94. The van der Waals surface area contributed by atoms with Gasteiger partial charge in [0, 0.05) is 4.88 Å². The Morgan fingerprint density at radius 2 is 2.05 bits per heavy atom. The number of carboxylic acid groups (broad SMARTS) is 1. The van der Waals surface area contributed by atoms with E-state index >= 15 is 0 Å². The molecule has 0 spiro atoms. The third-order valence-corrected chi connectivity index (χ3v) is 4.46. The lowest BCUT2D eigenvalue weighted by molar-refractivity contribution is 0.0689. The van der Waals surface area contributed by atoms with E-state index in [-0.39, 0.29) is 23.3 Å². The predicted octanol–water partition coefficient (Wildman–Crippen LogP) is 2.04. The Morgan fingerprint density at radius 1 is 1.29 bits per heavy atom. The minimum absolute atomic E-state index is 0.00606. The Hall–Kier alpha value is -2.28. The van der Waals surface area contributed by atoms with Gasteiger partial charge in [-0.1, -0.05) is 0 Å². The number of aromatic nitrogens is 2. The average Bonchev–Trinajstić information content (AvgIpc) is 2.97. The van der Waals surface area contributed by atoms with Crippen LogP contribution in [0, 0.1) is 0 Å². The molecule has 1 aliphatic rings. The second-order valence-electron chi connectivity index (χ2n) is 4.81. The van der Waals surface area contributed by atoms with Crippen molar-refractivity contribution in [2.75, 3.05) is 0 Å². The molecule has 0 saturated carbocycles. The van der Waals surface area contributed by atoms with Crippen LogP contribution in [0.4, 0.5) is 0 Å². The maximum Gasteiger partial charge on any atom is 0.356 e. The summed E-state index contributed by atoms with van der Waals surface area (Å²) in [5.41, 5.74) is 1.13. The molecule has 108 valence electrons. The first-order valence-corrected chi connectivity index (χ1v) is 7.45. The fraction of sp³-hybridized carbons (Fsp3) is 0.286. The molecule has 0 aromatic carbocycles. The molecule has 0 fully saturated rings. The van der Waals surface area contributed by atoms with Crippen LogP contribution in [-0.4, -0.2) is 27.0 Å². The van der Waals surface area contributed by atoms with Gasteiger partial charge in [-0.3, -0.25) is 4.79 Å². The molecule has 1 aliphatic carbocycles. The minimum atomic E-state index is -1.16. The van der Waals surface area contributed by atoms with Crippen LogP contribution in [-0.2, 0) is 6.42 Å². The second kappa shape index (κ2) is 5.61. The number of carboxylic acids is 1. The SMILES string of the molecule is O=C(O)c1cnc(C(=O)NC2CCCc3sccc32)cn1. The fourth-order valence-electron chi connectivity index (χ4n) is 2.42. The van der Waals surface area contributed by atoms with Gasteiger partial charge in [-0.25, -0.2) is 14.8 Å². The summed E-state index contributed by atoms with van der Waals surface area (Å²) in [6.07, 6.45) is 5.29. The number of carbonyl (C=O) groups excluding carboxylic acids is 1. The number of thiophene rings is 1. The van der Waals surface area contributed by atoms with E-state index in [1.807, 2.05) is 11.4 Å². The number of rotatable bonds is 3. The molecule has 2 heterocycles. The van der Waals surface area contributed by atoms with Gasteiger partial charge < -0.3 is 10.4 Å². The van der Waals surface area contributed by atoms with Gasteiger partial charge >= 0.3 is 5.97 Å². The van der Waals surface area contributed by atoms with Gasteiger partial charge in [0.25, 0.3) is 5.91 Å². The van der Waals surface area contributed by atoms with E-state index in [2.05, 4.69) is 15.3 Å². The third kappa shape index (κ3) is 2.78. The van der Waals surface area contributed by atoms with E-state index in [4.69, 9.17) is 5.11 Å². The first-order chi connectivity index (χ1) is 10.1. The zero-order valence-electron chi connectivity index (χ0n) is 11.1. The first-order valence-electron chi connectivity index (χ1n) is 6.57. The molecule has 0 radical (unpaired) electrons. The Balaban J connectivity index is 1.74. The van der Waals surface area contributed by atoms with Crippen molar-refractivity contribution in [3.05, 3.63) is 45.7 Å². The van der Waals surface area contributed by atoms with Crippen molar-refractivity contribution >= 4 is 23.2 Å². The quantitative estimate of drug-likeness (QED) is 0.905. The maximum absolute atomic E-state index is 12.2. The van der Waals surface area contributed by atoms with Crippen LogP contribution in [0.1, 0.15) is 50.3 Å². The predicted molar refractivity (Wildman–Crippen MR) is 76.5 cm³/mol. The number of aryl methyl sites for hydroxylation is 1. The number of fused-ring (bicyclic) bond motifs is 1. The lowest BCUT2D eigenvalue weighted by Crippen LogP contribution is -2.31. The summed E-state index contributed by atoms with van der Waals surface area (Å²) >= 11 is 1.71. The molecule has 2 aromatic heterocycles. The molecule has 21 heavy (non-hydrogen) atoms. The van der Waals surface area contributed by atoms with Crippen LogP contribution in [0.2, 0.25) is 0 Å². The summed E-state index contributed by atoms with van der Waals surface area (Å²) < 4.78 is 0. The van der Waals surface area contributed by atoms with Crippen LogP contribution in [0.3, 0.4) is 0 Å². The molecule has 0 aliphatic heterocycles. The number of aromatic carboxylic acids is 1. The normalized spacial score (nSPS) is 17.0. The van der Waals surface area contributed by atoms with Gasteiger partial charge in [0.2, 0.25) is 0 Å². The van der Waals surface area contributed by atoms with Crippen molar-refractivity contribution < 1.29 is 14.7 Å². The van der Waals surface area contributed by atoms with Crippen LogP contribution >= 0.6 is 11.3 Å². The molecular weight excluding hydrogens is 290 g/mol. The summed E-state index contributed by atoms with van der Waals surface area (Å²) in [5.74, 6) is -1.49. The number of carbonyl (C=O) groups is 2. The third-order valence-electron chi connectivity index (χ3n) is 3.46. The molecule has 0 saturated heterocycles. The fourth-order valence-corrected chi connectivity index (χ4v) is 3.41. The summed E-state index contributed by atoms with van der Waals surface area (Å²) in [6, 6.07) is 2.04. The molecule has 1 amide bonds. The molecule has 7 heteroatoms. The minimum Gasteiger partial charge on any atom is -0.476 e. The number of hydrogen-bond acceptors (Lipinski definition) is 5. The first kappa shape index (κ1) is 13.7. The lowest BCUT2D eigenvalue weighted by Gasteiger charge is -2.23. The van der Waals surface area contributed by atoms with Crippen LogP contribution < -0.4 is 5.32 Å². The Bertz CT molecular complexity index is 681. The number of hydrogen-bond donors (Lipinski definition) is 2. The Labute approximate surface area is 124 Å². The van der Waals surface area contributed by atoms with Crippen molar-refractivity contribution in [3.63, 3.8) is 0 Å². The molecule has 6 nitrogen and oxygen atoms in total. The second-order valence-corrected chi connectivity index (χ2v) is 5.81. The molecule has 1 unspecified atom stereocenters. The molecule has 1 atom stereocenters. The zero-order valence-corrected chi connectivity index (χ0v) is 11.9. The smallest absolute Gasteiger partial charge is 0.356 e. The highest BCUT2D eigenvalue weighted by atomic mass is 32.1. The highest BCUT2D eigenvalue weighted by Gasteiger charge is 2.23. The summed E-state index contributed by atoms with van der Waals surface area (Å²) in [4.78, 5) is 31.8. The summed E-state index contributed by atoms with van der Waals surface area (Å²) in [7, 11) is 0. The standard InChI is InChI=1S/C14H13N3O3S/c18-13(10-6-16-11(7-15-10)14(19)20)17-9-2-1-3-12-8(9)4-5-21-12/h4-7,9H,1-3H2,(H,17,18)(H,19,20). The van der Waals surface area contributed by atoms with Gasteiger partial charge in [0.15, 0.2) is 5.69 Å². The van der Waals surface area contributed by atoms with E-state index in [9.17, 15) is 9.59 Å². The number of nitrogens with one attached hydrogen (secondary N) is 1. The molecule has 0 bridgehead atoms. The van der Waals surface area contributed by atoms with Gasteiger partial charge in [0.05, 0.1) is 18.4 Å². The molecule has 2 aromatic rings. The van der Waals surface area contributed by atoms with Crippen molar-refractivity contribution in [1.82, 2.24) is 15.3 Å². The van der Waals surface area contributed by atoms with Crippen molar-refractivity contribution in [1.29, 1.82) is 0 Å². The monoisotopic (exact) mass is 303 g/mol. The van der Waals surface area contributed by atoms with E-state index in [1.54, 1.807) is 11.3 Å². The van der Waals surface area contributed by atoms with Gasteiger partial charge in [-0.05, 0) is 36.3 Å². The van der Waals surface area contributed by atoms with Crippen molar-refractivity contribution in [2.24, 2.45) is 0 Å². The highest BCUT2D eigenvalue weighted by Crippen LogP contribution is 2.33. The van der Waals surface area contributed by atoms with E-state index < -0.39 is 5.97 Å². The van der Waals surface area contributed by atoms with Crippen LogP contribution in [0.25, 0.3) is 0 Å². The average molecular weight is 303 g/mol. The van der Waals surface area contributed by atoms with E-state index in [0.29, 0.717) is 0 Å². The van der Waals surface area contributed by atoms with Gasteiger partial charge in [-0.15, -0.1) is 11.3 Å². The Kier molecular flexibility index (Phi) is 3.66. The molecule has 3 rings (SSSR count). The van der Waals surface area contributed by atoms with Gasteiger partial charge in [0.1, 0.15) is 5.69 Å². The van der Waals surface area contributed by atoms with Crippen LogP contribution in [0.5, 0.6) is 0 Å². The topological polar surface area (TPSA) is 92.2 Å². The Morgan fingerprint density at radius 3 is 2.76 bits per heavy atom. The largest absolute Gasteiger partial charge is 0.476 e. The summed E-state index contributed by atoms with van der Waals surface area (Å²) in [5, 5.41) is 13.7. The molecule has 2 N–H and O–H groups in total. The number of amides is 1. The number of nitrogens with zero attached hydrogens (tertiary/aromatic N) is 2. The van der Waals surface area contributed by atoms with Crippen molar-refractivity contribution in [3.8, 4) is 0 Å². The van der Waals surface area contributed by atoms with E-state index in [1.165, 1.54) is 16.6 Å². The summed E-state index contributed by atoms with van der Waals surface area (Å²) in [6.45, 7) is 0. The zero-order chi connectivity index (χ0) is 14.8. The van der Waals surface area contributed by atoms with Crippen LogP contribution in [0.15, 0.2) is 23.8 Å².